The van der Waals surface area contributed by atoms with Gasteiger partial charge in [-0.15, -0.1) is 0 Å². The number of nitrogens with zero attached hydrogens (tertiary/aromatic N) is 1. The van der Waals surface area contributed by atoms with Crippen molar-refractivity contribution in [2.24, 2.45) is 11.7 Å². The first-order valence-electron chi connectivity index (χ1n) is 7.10. The number of hydrogen-bond acceptors (Lipinski definition) is 2. The molecule has 1 heterocycles. The second-order valence-electron chi connectivity index (χ2n) is 5.39. The van der Waals surface area contributed by atoms with E-state index in [9.17, 15) is 13.2 Å². The zero-order valence-corrected chi connectivity index (χ0v) is 11.7. The Morgan fingerprint density at radius 1 is 1.25 bits per heavy atom. The molecular formula is C15H21F3N2. The first-order chi connectivity index (χ1) is 9.45. The van der Waals surface area contributed by atoms with Crippen LogP contribution in [0.3, 0.4) is 0 Å². The number of nitrogens with two attached hydrogens (primary N) is 1. The van der Waals surface area contributed by atoms with Gasteiger partial charge in [0.15, 0.2) is 0 Å². The molecule has 1 aliphatic rings. The highest BCUT2D eigenvalue weighted by Gasteiger charge is 2.35. The SMILES string of the molecule is CCC1CCN(c2ccc(CN)cc2C(F)(F)F)CC1. The van der Waals surface area contributed by atoms with Crippen molar-refractivity contribution in [1.82, 2.24) is 0 Å². The van der Waals surface area contributed by atoms with Crippen LogP contribution in [0, 0.1) is 5.92 Å². The molecule has 0 aromatic heterocycles. The van der Waals surface area contributed by atoms with Crippen molar-refractivity contribution in [2.45, 2.75) is 38.9 Å². The van der Waals surface area contributed by atoms with Gasteiger partial charge in [-0.2, -0.15) is 13.2 Å². The van der Waals surface area contributed by atoms with Crippen LogP contribution in [0.5, 0.6) is 0 Å². The van der Waals surface area contributed by atoms with Gasteiger partial charge in [0.1, 0.15) is 0 Å². The average Bonchev–Trinajstić information content (AvgIpc) is 2.46. The van der Waals surface area contributed by atoms with Crippen LogP contribution in [-0.2, 0) is 12.7 Å². The standard InChI is InChI=1S/C15H21F3N2/c1-2-11-5-7-20(8-6-11)14-4-3-12(10-19)9-13(14)15(16,17)18/h3-4,9,11H,2,5-8,10,19H2,1H3. The predicted molar refractivity (Wildman–Crippen MR) is 74.6 cm³/mol. The smallest absolute Gasteiger partial charge is 0.371 e. The minimum Gasteiger partial charge on any atom is -0.371 e. The fourth-order valence-corrected chi connectivity index (χ4v) is 2.80. The molecule has 1 saturated heterocycles. The van der Waals surface area contributed by atoms with Crippen molar-refractivity contribution in [3.8, 4) is 0 Å². The van der Waals surface area contributed by atoms with Crippen molar-refractivity contribution in [2.75, 3.05) is 18.0 Å². The molecule has 2 nitrogen and oxygen atoms in total. The minimum atomic E-state index is -4.33. The maximum atomic E-state index is 13.2. The molecule has 1 fully saturated rings. The number of piperidine rings is 1. The number of hydrogen-bond donors (Lipinski definition) is 1. The lowest BCUT2D eigenvalue weighted by atomic mass is 9.93. The van der Waals surface area contributed by atoms with Gasteiger partial charge in [-0.1, -0.05) is 19.4 Å². The number of rotatable bonds is 3. The Morgan fingerprint density at radius 3 is 2.40 bits per heavy atom. The zero-order valence-electron chi connectivity index (χ0n) is 11.7. The highest BCUT2D eigenvalue weighted by atomic mass is 19.4. The Morgan fingerprint density at radius 2 is 1.90 bits per heavy atom. The second-order valence-corrected chi connectivity index (χ2v) is 5.39. The summed E-state index contributed by atoms with van der Waals surface area (Å²) in [6.07, 6.45) is -1.30. The molecule has 2 rings (SSSR count). The van der Waals surface area contributed by atoms with Crippen LogP contribution < -0.4 is 10.6 Å². The molecule has 0 spiro atoms. The van der Waals surface area contributed by atoms with Crippen molar-refractivity contribution >= 4 is 5.69 Å². The van der Waals surface area contributed by atoms with E-state index in [1.54, 1.807) is 12.1 Å². The summed E-state index contributed by atoms with van der Waals surface area (Å²) in [6, 6.07) is 4.44. The Kier molecular flexibility index (Phi) is 4.58. The fourth-order valence-electron chi connectivity index (χ4n) is 2.80. The van der Waals surface area contributed by atoms with Crippen LogP contribution in [-0.4, -0.2) is 13.1 Å². The average molecular weight is 286 g/mol. The van der Waals surface area contributed by atoms with E-state index in [0.29, 0.717) is 30.3 Å². The summed E-state index contributed by atoms with van der Waals surface area (Å²) in [5.41, 5.74) is 5.70. The molecule has 1 aromatic rings. The predicted octanol–water partition coefficient (Wildman–Crippen LogP) is 3.79. The molecule has 112 valence electrons. The number of benzene rings is 1. The van der Waals surface area contributed by atoms with Gasteiger partial charge < -0.3 is 10.6 Å². The van der Waals surface area contributed by atoms with Crippen molar-refractivity contribution in [3.63, 3.8) is 0 Å². The van der Waals surface area contributed by atoms with Crippen LogP contribution in [0.4, 0.5) is 18.9 Å². The molecule has 0 bridgehead atoms. The van der Waals surface area contributed by atoms with E-state index in [-0.39, 0.29) is 6.54 Å². The molecule has 1 aromatic carbocycles. The van der Waals surface area contributed by atoms with Crippen molar-refractivity contribution in [1.29, 1.82) is 0 Å². The van der Waals surface area contributed by atoms with E-state index in [1.165, 1.54) is 6.07 Å². The Balaban J connectivity index is 2.27. The van der Waals surface area contributed by atoms with Gasteiger partial charge in [0.2, 0.25) is 0 Å². The minimum absolute atomic E-state index is 0.126. The molecule has 0 aliphatic carbocycles. The van der Waals surface area contributed by atoms with Gasteiger partial charge in [0.05, 0.1) is 5.56 Å². The Bertz CT molecular complexity index is 449. The molecule has 0 atom stereocenters. The summed E-state index contributed by atoms with van der Waals surface area (Å²) < 4.78 is 39.6. The lowest BCUT2D eigenvalue weighted by molar-refractivity contribution is -0.137. The Labute approximate surface area is 117 Å². The van der Waals surface area contributed by atoms with Gasteiger partial charge in [-0.05, 0) is 36.5 Å². The molecule has 2 N–H and O–H groups in total. The van der Waals surface area contributed by atoms with Crippen LogP contribution in [0.1, 0.15) is 37.3 Å². The summed E-state index contributed by atoms with van der Waals surface area (Å²) in [5, 5.41) is 0. The third-order valence-electron chi connectivity index (χ3n) is 4.13. The monoisotopic (exact) mass is 286 g/mol. The van der Waals surface area contributed by atoms with E-state index in [2.05, 4.69) is 6.92 Å². The second kappa shape index (κ2) is 6.04. The highest BCUT2D eigenvalue weighted by molar-refractivity contribution is 5.56. The van der Waals surface area contributed by atoms with Gasteiger partial charge >= 0.3 is 6.18 Å². The number of halogens is 3. The van der Waals surface area contributed by atoms with Gasteiger partial charge in [-0.25, -0.2) is 0 Å². The molecule has 1 aliphatic heterocycles. The number of alkyl halides is 3. The maximum Gasteiger partial charge on any atom is 0.418 e. The molecule has 20 heavy (non-hydrogen) atoms. The van der Waals surface area contributed by atoms with Crippen molar-refractivity contribution < 1.29 is 13.2 Å². The number of anilines is 1. The van der Waals surface area contributed by atoms with E-state index < -0.39 is 11.7 Å². The summed E-state index contributed by atoms with van der Waals surface area (Å²) in [6.45, 7) is 3.66. The third-order valence-corrected chi connectivity index (χ3v) is 4.13. The topological polar surface area (TPSA) is 29.3 Å². The summed E-state index contributed by atoms with van der Waals surface area (Å²) in [4.78, 5) is 1.86. The zero-order chi connectivity index (χ0) is 14.8. The molecule has 0 saturated carbocycles. The molecule has 0 radical (unpaired) electrons. The van der Waals surface area contributed by atoms with Crippen LogP contribution >= 0.6 is 0 Å². The molecule has 0 amide bonds. The van der Waals surface area contributed by atoms with E-state index >= 15 is 0 Å². The highest BCUT2D eigenvalue weighted by Crippen LogP contribution is 2.38. The lowest BCUT2D eigenvalue weighted by Gasteiger charge is -2.34. The van der Waals surface area contributed by atoms with Crippen LogP contribution in [0.15, 0.2) is 18.2 Å². The quantitative estimate of drug-likeness (QED) is 0.916. The first-order valence-corrected chi connectivity index (χ1v) is 7.10. The van der Waals surface area contributed by atoms with Gasteiger partial charge in [0, 0.05) is 25.3 Å². The lowest BCUT2D eigenvalue weighted by Crippen LogP contribution is -2.34. The van der Waals surface area contributed by atoms with E-state index in [1.807, 2.05) is 4.90 Å². The fraction of sp³-hybridized carbons (Fsp3) is 0.600. The summed E-state index contributed by atoms with van der Waals surface area (Å²) in [5.74, 6) is 0.643. The normalized spacial score (nSPS) is 17.6. The third kappa shape index (κ3) is 3.26. The largest absolute Gasteiger partial charge is 0.418 e. The summed E-state index contributed by atoms with van der Waals surface area (Å²) >= 11 is 0. The Hall–Kier alpha value is -1.23. The maximum absolute atomic E-state index is 13.2. The van der Waals surface area contributed by atoms with Crippen molar-refractivity contribution in [3.05, 3.63) is 29.3 Å². The molecule has 0 unspecified atom stereocenters. The molecule has 5 heteroatoms. The van der Waals surface area contributed by atoms with E-state index in [0.717, 1.165) is 19.3 Å². The first kappa shape index (κ1) is 15.2. The molecular weight excluding hydrogens is 265 g/mol. The van der Waals surface area contributed by atoms with Crippen LogP contribution in [0.25, 0.3) is 0 Å². The van der Waals surface area contributed by atoms with Crippen LogP contribution in [0.2, 0.25) is 0 Å². The van der Waals surface area contributed by atoms with Gasteiger partial charge in [-0.3, -0.25) is 0 Å². The van der Waals surface area contributed by atoms with Gasteiger partial charge in [0.25, 0.3) is 0 Å². The summed E-state index contributed by atoms with van der Waals surface area (Å²) in [7, 11) is 0. The van der Waals surface area contributed by atoms with E-state index in [4.69, 9.17) is 5.73 Å².